The lowest BCUT2D eigenvalue weighted by Gasteiger charge is -2.23. The van der Waals surface area contributed by atoms with Crippen LogP contribution in [0.3, 0.4) is 0 Å². The molecule has 1 aromatic carbocycles. The van der Waals surface area contributed by atoms with Gasteiger partial charge in [-0.3, -0.25) is 14.2 Å². The fourth-order valence-corrected chi connectivity index (χ4v) is 2.55. The van der Waals surface area contributed by atoms with Crippen molar-refractivity contribution in [2.24, 2.45) is 0 Å². The molecule has 0 aliphatic rings. The third kappa shape index (κ3) is 4.03. The van der Waals surface area contributed by atoms with Crippen molar-refractivity contribution in [3.8, 4) is 0 Å². The highest BCUT2D eigenvalue weighted by Gasteiger charge is 2.31. The molecule has 2 heterocycles. The van der Waals surface area contributed by atoms with Gasteiger partial charge in [-0.05, 0) is 31.5 Å². The van der Waals surface area contributed by atoms with Gasteiger partial charge in [0.15, 0.2) is 0 Å². The first-order chi connectivity index (χ1) is 11.8. The molecule has 0 aliphatic carbocycles. The van der Waals surface area contributed by atoms with Crippen molar-refractivity contribution in [3.05, 3.63) is 64.7 Å². The predicted molar refractivity (Wildman–Crippen MR) is 98.0 cm³/mol. The first-order valence-corrected chi connectivity index (χ1v) is 8.39. The van der Waals surface area contributed by atoms with E-state index in [2.05, 4.69) is 15.5 Å². The molecule has 0 spiro atoms. The van der Waals surface area contributed by atoms with Gasteiger partial charge in [-0.15, -0.1) is 0 Å². The van der Waals surface area contributed by atoms with Crippen LogP contribution in [0.2, 0.25) is 10.0 Å². The summed E-state index contributed by atoms with van der Waals surface area (Å²) in [6, 6.07) is 7.54. The number of rotatable bonds is 5. The van der Waals surface area contributed by atoms with Crippen LogP contribution in [0.5, 0.6) is 0 Å². The van der Waals surface area contributed by atoms with Gasteiger partial charge < -0.3 is 5.32 Å². The minimum atomic E-state index is -0.884. The maximum Gasteiger partial charge on any atom is 0.251 e. The third-order valence-corrected chi connectivity index (χ3v) is 4.28. The second-order valence-electron chi connectivity index (χ2n) is 6.17. The summed E-state index contributed by atoms with van der Waals surface area (Å²) in [5.74, 6) is -0.210. The lowest BCUT2D eigenvalue weighted by Crippen LogP contribution is -2.40. The Morgan fingerprint density at radius 3 is 2.44 bits per heavy atom. The van der Waals surface area contributed by atoms with E-state index in [1.807, 2.05) is 24.3 Å². The highest BCUT2D eigenvalue weighted by molar-refractivity contribution is 6.30. The molecule has 8 heteroatoms. The smallest absolute Gasteiger partial charge is 0.251 e. The molecule has 1 amide bonds. The van der Waals surface area contributed by atoms with Crippen molar-refractivity contribution in [1.82, 2.24) is 19.6 Å². The van der Waals surface area contributed by atoms with Gasteiger partial charge in [0.1, 0.15) is 5.54 Å². The summed E-state index contributed by atoms with van der Waals surface area (Å²) in [5.41, 5.74) is 0.799. The first kappa shape index (κ1) is 17.5. The fraction of sp³-hybridized carbons (Fsp3) is 0.235. The number of halogens is 2. The van der Waals surface area contributed by atoms with Gasteiger partial charge in [-0.25, -0.2) is 0 Å². The molecule has 6 nitrogen and oxygen atoms in total. The van der Waals surface area contributed by atoms with E-state index in [0.717, 1.165) is 5.56 Å². The number of aromatic nitrogens is 4. The summed E-state index contributed by atoms with van der Waals surface area (Å²) in [7, 11) is 0. The van der Waals surface area contributed by atoms with Gasteiger partial charge >= 0.3 is 0 Å². The number of hydrogen-bond acceptors (Lipinski definition) is 3. The normalized spacial score (nSPS) is 11.5. The molecule has 0 aliphatic heterocycles. The monoisotopic (exact) mass is 377 g/mol. The van der Waals surface area contributed by atoms with Gasteiger partial charge in [-0.2, -0.15) is 10.2 Å². The topological polar surface area (TPSA) is 64.7 Å². The zero-order chi connectivity index (χ0) is 18.0. The van der Waals surface area contributed by atoms with Gasteiger partial charge in [0.05, 0.1) is 29.6 Å². The van der Waals surface area contributed by atoms with Crippen LogP contribution >= 0.6 is 23.2 Å². The molecular weight excluding hydrogens is 361 g/mol. The third-order valence-electron chi connectivity index (χ3n) is 3.83. The van der Waals surface area contributed by atoms with Crippen molar-refractivity contribution in [3.63, 3.8) is 0 Å². The quantitative estimate of drug-likeness (QED) is 0.734. The fourth-order valence-electron chi connectivity index (χ4n) is 2.29. The molecule has 25 heavy (non-hydrogen) atoms. The van der Waals surface area contributed by atoms with Gasteiger partial charge in [-0.1, -0.05) is 35.3 Å². The second-order valence-corrected chi connectivity index (χ2v) is 7.04. The molecule has 0 saturated heterocycles. The molecular formula is C17H17Cl2N5O. The number of nitrogens with one attached hydrogen (secondary N) is 1. The van der Waals surface area contributed by atoms with Crippen LogP contribution in [-0.2, 0) is 16.9 Å². The second kappa shape index (κ2) is 6.90. The highest BCUT2D eigenvalue weighted by Crippen LogP contribution is 2.20. The number of hydrogen-bond donors (Lipinski definition) is 1. The van der Waals surface area contributed by atoms with Crippen LogP contribution < -0.4 is 5.32 Å². The summed E-state index contributed by atoms with van der Waals surface area (Å²) in [4.78, 5) is 12.6. The Balaban J connectivity index is 1.68. The maximum atomic E-state index is 12.6. The molecule has 1 N–H and O–H groups in total. The largest absolute Gasteiger partial charge is 0.321 e. The number of anilines is 1. The van der Waals surface area contributed by atoms with Crippen molar-refractivity contribution in [1.29, 1.82) is 0 Å². The Morgan fingerprint density at radius 2 is 1.80 bits per heavy atom. The average molecular weight is 378 g/mol. The van der Waals surface area contributed by atoms with Crippen LogP contribution in [0.25, 0.3) is 0 Å². The average Bonchev–Trinajstić information content (AvgIpc) is 3.19. The molecule has 0 unspecified atom stereocenters. The standard InChI is InChI=1S/C17H17Cl2N5O/c1-17(2,24-10-14(19)7-21-24)16(25)22-15-8-20-23(11-15)9-12-3-5-13(18)6-4-12/h3-8,10-11H,9H2,1-2H3,(H,22,25). The lowest BCUT2D eigenvalue weighted by atomic mass is 10.1. The summed E-state index contributed by atoms with van der Waals surface area (Å²) < 4.78 is 3.28. The van der Waals surface area contributed by atoms with Crippen LogP contribution in [0.15, 0.2) is 49.1 Å². The molecule has 0 saturated carbocycles. The Bertz CT molecular complexity index is 883. The summed E-state index contributed by atoms with van der Waals surface area (Å²) in [6.07, 6.45) is 6.50. The molecule has 0 bridgehead atoms. The van der Waals surface area contributed by atoms with E-state index in [1.54, 1.807) is 37.1 Å². The molecule has 0 atom stereocenters. The van der Waals surface area contributed by atoms with E-state index in [9.17, 15) is 4.79 Å². The minimum Gasteiger partial charge on any atom is -0.321 e. The van der Waals surface area contributed by atoms with E-state index in [1.165, 1.54) is 10.9 Å². The Kier molecular flexibility index (Phi) is 4.83. The molecule has 0 fully saturated rings. The maximum absolute atomic E-state index is 12.6. The molecule has 130 valence electrons. The van der Waals surface area contributed by atoms with Crippen molar-refractivity contribution in [2.75, 3.05) is 5.32 Å². The molecule has 3 aromatic rings. The molecule has 0 radical (unpaired) electrons. The predicted octanol–water partition coefficient (Wildman–Crippen LogP) is 3.81. The van der Waals surface area contributed by atoms with E-state index in [4.69, 9.17) is 23.2 Å². The number of nitrogens with zero attached hydrogens (tertiary/aromatic N) is 4. The molecule has 2 aromatic heterocycles. The van der Waals surface area contributed by atoms with Crippen LogP contribution in [0.1, 0.15) is 19.4 Å². The van der Waals surface area contributed by atoms with E-state index in [0.29, 0.717) is 22.3 Å². The Morgan fingerprint density at radius 1 is 1.08 bits per heavy atom. The van der Waals surface area contributed by atoms with E-state index in [-0.39, 0.29) is 5.91 Å². The van der Waals surface area contributed by atoms with Crippen LogP contribution in [0, 0.1) is 0 Å². The molecule has 3 rings (SSSR count). The summed E-state index contributed by atoms with van der Waals surface area (Å²) in [6.45, 7) is 4.12. The Hall–Kier alpha value is -2.31. The van der Waals surface area contributed by atoms with Gasteiger partial charge in [0.2, 0.25) is 0 Å². The number of amides is 1. The van der Waals surface area contributed by atoms with Crippen molar-refractivity contribution < 1.29 is 4.79 Å². The van der Waals surface area contributed by atoms with Crippen molar-refractivity contribution in [2.45, 2.75) is 25.9 Å². The minimum absolute atomic E-state index is 0.210. The SMILES string of the molecule is CC(C)(C(=O)Nc1cnn(Cc2ccc(Cl)cc2)c1)n1cc(Cl)cn1. The lowest BCUT2D eigenvalue weighted by molar-refractivity contribution is -0.123. The number of carbonyl (C=O) groups excluding carboxylic acids is 1. The van der Waals surface area contributed by atoms with E-state index >= 15 is 0 Å². The number of benzene rings is 1. The highest BCUT2D eigenvalue weighted by atomic mass is 35.5. The first-order valence-electron chi connectivity index (χ1n) is 7.63. The zero-order valence-electron chi connectivity index (χ0n) is 13.8. The van der Waals surface area contributed by atoms with Crippen LogP contribution in [0.4, 0.5) is 5.69 Å². The Labute approximate surface area is 155 Å². The zero-order valence-corrected chi connectivity index (χ0v) is 15.3. The van der Waals surface area contributed by atoms with Gasteiger partial charge in [0.25, 0.3) is 5.91 Å². The number of carbonyl (C=O) groups is 1. The van der Waals surface area contributed by atoms with Crippen LogP contribution in [-0.4, -0.2) is 25.5 Å². The summed E-state index contributed by atoms with van der Waals surface area (Å²) in [5, 5.41) is 12.4. The van der Waals surface area contributed by atoms with E-state index < -0.39 is 5.54 Å². The summed E-state index contributed by atoms with van der Waals surface area (Å²) >= 11 is 11.8. The van der Waals surface area contributed by atoms with Crippen molar-refractivity contribution >= 4 is 34.8 Å². The van der Waals surface area contributed by atoms with Gasteiger partial charge in [0, 0.05) is 17.4 Å².